The van der Waals surface area contributed by atoms with Crippen LogP contribution in [-0.2, 0) is 6.18 Å². The molecule has 94 valence electrons. The molecule has 0 saturated carbocycles. The second-order valence-corrected chi connectivity index (χ2v) is 3.36. The molecule has 1 atom stereocenters. The van der Waals surface area contributed by atoms with Crippen LogP contribution in [0.15, 0.2) is 18.2 Å². The van der Waals surface area contributed by atoms with Crippen LogP contribution in [0.3, 0.4) is 0 Å². The number of hydrogen-bond donors (Lipinski definition) is 2. The van der Waals surface area contributed by atoms with Crippen molar-refractivity contribution in [3.8, 4) is 0 Å². The Morgan fingerprint density at radius 1 is 1.41 bits per heavy atom. The Morgan fingerprint density at radius 2 is 2.00 bits per heavy atom. The van der Waals surface area contributed by atoms with Crippen LogP contribution in [0.2, 0.25) is 0 Å². The van der Waals surface area contributed by atoms with Gasteiger partial charge >= 0.3 is 6.18 Å². The van der Waals surface area contributed by atoms with E-state index in [0.717, 1.165) is 6.07 Å². The van der Waals surface area contributed by atoms with Gasteiger partial charge in [-0.15, -0.1) is 0 Å². The molecule has 1 rings (SSSR count). The lowest BCUT2D eigenvalue weighted by molar-refractivity contribution is -0.385. The van der Waals surface area contributed by atoms with Crippen molar-refractivity contribution in [1.82, 2.24) is 0 Å². The van der Waals surface area contributed by atoms with E-state index in [9.17, 15) is 23.3 Å². The number of rotatable bonds is 3. The number of nitro benzene ring substituents is 1. The van der Waals surface area contributed by atoms with Crippen LogP contribution in [0.25, 0.3) is 0 Å². The minimum absolute atomic E-state index is 0.131. The summed E-state index contributed by atoms with van der Waals surface area (Å²) in [5, 5.41) is 19.2. The summed E-state index contributed by atoms with van der Waals surface area (Å²) in [5.74, 6) is 0. The Hall–Kier alpha value is -1.67. The van der Waals surface area contributed by atoms with E-state index in [1.165, 1.54) is 0 Å². The lowest BCUT2D eigenvalue weighted by Gasteiger charge is -2.12. The number of hydrogen-bond acceptors (Lipinski definition) is 4. The molecule has 0 saturated heterocycles. The smallest absolute Gasteiger partial charge is 0.394 e. The van der Waals surface area contributed by atoms with Gasteiger partial charge in [0.25, 0.3) is 5.69 Å². The first-order chi connectivity index (χ1) is 7.75. The minimum Gasteiger partial charge on any atom is -0.394 e. The maximum Gasteiger partial charge on any atom is 0.416 e. The van der Waals surface area contributed by atoms with Crippen LogP contribution in [0.1, 0.15) is 17.2 Å². The summed E-state index contributed by atoms with van der Waals surface area (Å²) in [4.78, 5) is 9.54. The fourth-order valence-corrected chi connectivity index (χ4v) is 1.22. The molecule has 0 aliphatic carbocycles. The van der Waals surface area contributed by atoms with Crippen molar-refractivity contribution in [2.24, 2.45) is 5.73 Å². The summed E-state index contributed by atoms with van der Waals surface area (Å²) >= 11 is 0. The van der Waals surface area contributed by atoms with Crippen molar-refractivity contribution in [2.45, 2.75) is 12.2 Å². The van der Waals surface area contributed by atoms with Crippen LogP contribution in [-0.4, -0.2) is 16.6 Å². The quantitative estimate of drug-likeness (QED) is 0.629. The average molecular weight is 250 g/mol. The molecular formula is C9H9F3N2O3. The second-order valence-electron chi connectivity index (χ2n) is 3.36. The van der Waals surface area contributed by atoms with Gasteiger partial charge in [-0.25, -0.2) is 0 Å². The molecule has 0 aliphatic rings. The van der Waals surface area contributed by atoms with Crippen LogP contribution < -0.4 is 5.73 Å². The number of nitrogens with zero attached hydrogens (tertiary/aromatic N) is 1. The Kier molecular flexibility index (Phi) is 3.69. The molecule has 1 unspecified atom stereocenters. The molecule has 0 amide bonds. The van der Waals surface area contributed by atoms with Gasteiger partial charge in [-0.1, -0.05) is 0 Å². The van der Waals surface area contributed by atoms with E-state index in [0.29, 0.717) is 12.1 Å². The maximum atomic E-state index is 12.5. The van der Waals surface area contributed by atoms with Crippen molar-refractivity contribution < 1.29 is 23.2 Å². The third-order valence-electron chi connectivity index (χ3n) is 2.10. The topological polar surface area (TPSA) is 89.4 Å². The summed E-state index contributed by atoms with van der Waals surface area (Å²) in [6, 6.07) is 0.938. The molecule has 5 nitrogen and oxygen atoms in total. The minimum atomic E-state index is -4.70. The molecule has 0 radical (unpaired) electrons. The SMILES string of the molecule is NC(CO)c1cc([N+](=O)[O-])cc(C(F)(F)F)c1. The summed E-state index contributed by atoms with van der Waals surface area (Å²) in [6.07, 6.45) is -4.70. The number of halogens is 3. The lowest BCUT2D eigenvalue weighted by atomic mass is 10.0. The van der Waals surface area contributed by atoms with Gasteiger partial charge in [-0.05, 0) is 11.6 Å². The molecule has 1 aromatic carbocycles. The average Bonchev–Trinajstić information content (AvgIpc) is 2.26. The molecule has 17 heavy (non-hydrogen) atoms. The normalized spacial score (nSPS) is 13.5. The van der Waals surface area contributed by atoms with Gasteiger partial charge in [-0.2, -0.15) is 13.2 Å². The van der Waals surface area contributed by atoms with Gasteiger partial charge in [0.1, 0.15) is 0 Å². The van der Waals surface area contributed by atoms with Crippen LogP contribution in [0.5, 0.6) is 0 Å². The second kappa shape index (κ2) is 4.68. The summed E-state index contributed by atoms with van der Waals surface area (Å²) in [5.41, 5.74) is 3.33. The standard InChI is InChI=1S/C9H9F3N2O3/c10-9(11,12)6-1-5(8(13)4-15)2-7(3-6)14(16)17/h1-3,8,15H,4,13H2. The number of alkyl halides is 3. The van der Waals surface area contributed by atoms with Gasteiger partial charge < -0.3 is 10.8 Å². The first kappa shape index (κ1) is 13.4. The Balaban J connectivity index is 3.34. The highest BCUT2D eigenvalue weighted by Crippen LogP contribution is 2.33. The van der Waals surface area contributed by atoms with E-state index in [1.54, 1.807) is 0 Å². The van der Waals surface area contributed by atoms with E-state index in [1.807, 2.05) is 0 Å². The molecule has 1 aromatic rings. The highest BCUT2D eigenvalue weighted by Gasteiger charge is 2.33. The highest BCUT2D eigenvalue weighted by molar-refractivity contribution is 5.41. The Bertz CT molecular complexity index is 434. The lowest BCUT2D eigenvalue weighted by Crippen LogP contribution is -2.16. The van der Waals surface area contributed by atoms with E-state index < -0.39 is 35.0 Å². The van der Waals surface area contributed by atoms with Gasteiger partial charge in [0.05, 0.1) is 23.1 Å². The highest BCUT2D eigenvalue weighted by atomic mass is 19.4. The molecule has 0 aromatic heterocycles. The number of benzene rings is 1. The molecule has 0 heterocycles. The van der Waals surface area contributed by atoms with E-state index >= 15 is 0 Å². The van der Waals surface area contributed by atoms with Crippen molar-refractivity contribution >= 4 is 5.69 Å². The molecule has 3 N–H and O–H groups in total. The Labute approximate surface area is 93.8 Å². The summed E-state index contributed by atoms with van der Waals surface area (Å²) < 4.78 is 37.4. The van der Waals surface area contributed by atoms with Crippen molar-refractivity contribution in [1.29, 1.82) is 0 Å². The molecular weight excluding hydrogens is 241 g/mol. The molecule has 0 bridgehead atoms. The fraction of sp³-hybridized carbons (Fsp3) is 0.333. The van der Waals surface area contributed by atoms with Crippen LogP contribution in [0.4, 0.5) is 18.9 Å². The first-order valence-electron chi connectivity index (χ1n) is 4.48. The van der Waals surface area contributed by atoms with E-state index in [-0.39, 0.29) is 5.56 Å². The third kappa shape index (κ3) is 3.14. The number of aliphatic hydroxyl groups is 1. The number of nitro groups is 1. The first-order valence-corrected chi connectivity index (χ1v) is 4.48. The van der Waals surface area contributed by atoms with Crippen molar-refractivity contribution in [3.63, 3.8) is 0 Å². The molecule has 0 fully saturated rings. The van der Waals surface area contributed by atoms with Gasteiger partial charge in [-0.3, -0.25) is 10.1 Å². The van der Waals surface area contributed by atoms with Crippen molar-refractivity contribution in [3.05, 3.63) is 39.4 Å². The van der Waals surface area contributed by atoms with Crippen molar-refractivity contribution in [2.75, 3.05) is 6.61 Å². The third-order valence-corrected chi connectivity index (χ3v) is 2.10. The maximum absolute atomic E-state index is 12.5. The number of aliphatic hydroxyl groups excluding tert-OH is 1. The Morgan fingerprint density at radius 3 is 2.41 bits per heavy atom. The van der Waals surface area contributed by atoms with E-state index in [2.05, 4.69) is 0 Å². The van der Waals surface area contributed by atoms with Crippen LogP contribution in [0, 0.1) is 10.1 Å². The van der Waals surface area contributed by atoms with Gasteiger partial charge in [0, 0.05) is 12.1 Å². The number of nitrogens with two attached hydrogens (primary N) is 1. The largest absolute Gasteiger partial charge is 0.416 e. The van der Waals surface area contributed by atoms with Gasteiger partial charge in [0.15, 0.2) is 0 Å². The van der Waals surface area contributed by atoms with E-state index in [4.69, 9.17) is 10.8 Å². The zero-order chi connectivity index (χ0) is 13.2. The van der Waals surface area contributed by atoms with Crippen LogP contribution >= 0.6 is 0 Å². The zero-order valence-corrected chi connectivity index (χ0v) is 8.44. The summed E-state index contributed by atoms with van der Waals surface area (Å²) in [6.45, 7) is -0.599. The number of non-ortho nitro benzene ring substituents is 1. The predicted molar refractivity (Wildman–Crippen MR) is 52.1 cm³/mol. The molecule has 0 aliphatic heterocycles. The summed E-state index contributed by atoms with van der Waals surface area (Å²) in [7, 11) is 0. The monoisotopic (exact) mass is 250 g/mol. The predicted octanol–water partition coefficient (Wildman–Crippen LogP) is 1.61. The molecule has 0 spiro atoms. The van der Waals surface area contributed by atoms with Gasteiger partial charge in [0.2, 0.25) is 0 Å². The molecule has 8 heteroatoms. The fourth-order valence-electron chi connectivity index (χ4n) is 1.22. The zero-order valence-electron chi connectivity index (χ0n) is 8.44.